The monoisotopic (exact) mass is 336 g/mol. The first-order valence-electron chi connectivity index (χ1n) is 10.8. The van der Waals surface area contributed by atoms with Crippen LogP contribution >= 0.6 is 0 Å². The van der Waals surface area contributed by atoms with E-state index in [1.807, 2.05) is 0 Å². The van der Waals surface area contributed by atoms with Crippen molar-refractivity contribution in [2.24, 2.45) is 5.92 Å². The van der Waals surface area contributed by atoms with Gasteiger partial charge in [0.25, 0.3) is 0 Å². The molecular formula is C25H36. The van der Waals surface area contributed by atoms with Crippen molar-refractivity contribution in [3.8, 4) is 0 Å². The lowest BCUT2D eigenvalue weighted by Gasteiger charge is -2.28. The molecule has 0 bridgehead atoms. The van der Waals surface area contributed by atoms with Gasteiger partial charge in [-0.1, -0.05) is 82.3 Å². The second-order valence-corrected chi connectivity index (χ2v) is 8.23. The van der Waals surface area contributed by atoms with Crippen LogP contribution < -0.4 is 0 Å². The molecule has 2 aromatic carbocycles. The third-order valence-corrected chi connectivity index (χ3v) is 6.39. The molecule has 1 aliphatic carbocycles. The maximum Gasteiger partial charge on any atom is -0.0162 e. The molecule has 3 rings (SSSR count). The van der Waals surface area contributed by atoms with Gasteiger partial charge in [0.1, 0.15) is 0 Å². The van der Waals surface area contributed by atoms with Crippen molar-refractivity contribution in [1.82, 2.24) is 0 Å². The predicted octanol–water partition coefficient (Wildman–Crippen LogP) is 8.04. The van der Waals surface area contributed by atoms with Crippen LogP contribution in [0, 0.1) is 5.92 Å². The molecule has 2 aromatic rings. The summed E-state index contributed by atoms with van der Waals surface area (Å²) in [5.74, 6) is 1.78. The molecule has 0 atom stereocenters. The average Bonchev–Trinajstić information content (AvgIpc) is 2.67. The second kappa shape index (κ2) is 9.41. The topological polar surface area (TPSA) is 0 Å². The number of fused-ring (bicyclic) bond motifs is 1. The molecule has 1 fully saturated rings. The largest absolute Gasteiger partial charge is 0.0654 e. The van der Waals surface area contributed by atoms with Gasteiger partial charge in [-0.2, -0.15) is 0 Å². The van der Waals surface area contributed by atoms with Gasteiger partial charge in [0, 0.05) is 0 Å². The smallest absolute Gasteiger partial charge is 0.0162 e. The van der Waals surface area contributed by atoms with Crippen molar-refractivity contribution in [3.63, 3.8) is 0 Å². The summed E-state index contributed by atoms with van der Waals surface area (Å²) in [7, 11) is 0. The van der Waals surface area contributed by atoms with Gasteiger partial charge in [-0.25, -0.2) is 0 Å². The standard InChI is InChI=1S/C25H36/c1-3-5-6-7-8-9-21-12-15-25-19-24(17-16-23(25)18-21)22-13-10-20(4-2)11-14-22/h12,15-20,22H,3-11,13-14H2,1-2H3/t20-,22-. The minimum atomic E-state index is 0.797. The van der Waals surface area contributed by atoms with Crippen molar-refractivity contribution in [1.29, 1.82) is 0 Å². The summed E-state index contributed by atoms with van der Waals surface area (Å²) in [5, 5.41) is 2.86. The molecule has 0 aliphatic heterocycles. The summed E-state index contributed by atoms with van der Waals surface area (Å²) >= 11 is 0. The van der Waals surface area contributed by atoms with Crippen LogP contribution in [0.3, 0.4) is 0 Å². The summed E-state index contributed by atoms with van der Waals surface area (Å²) in [4.78, 5) is 0. The van der Waals surface area contributed by atoms with E-state index in [1.54, 1.807) is 5.56 Å². The summed E-state index contributed by atoms with van der Waals surface area (Å²) in [6, 6.07) is 14.4. The minimum Gasteiger partial charge on any atom is -0.0654 e. The van der Waals surface area contributed by atoms with Gasteiger partial charge in [0.15, 0.2) is 0 Å². The molecule has 0 spiro atoms. The molecule has 0 nitrogen and oxygen atoms in total. The number of rotatable bonds is 8. The van der Waals surface area contributed by atoms with E-state index in [2.05, 4.69) is 50.2 Å². The fourth-order valence-electron chi connectivity index (χ4n) is 4.56. The normalized spacial score (nSPS) is 20.9. The van der Waals surface area contributed by atoms with Crippen LogP contribution in [0.2, 0.25) is 0 Å². The van der Waals surface area contributed by atoms with Crippen LogP contribution in [0.15, 0.2) is 36.4 Å². The molecule has 1 aliphatic rings. The first-order chi connectivity index (χ1) is 12.3. The fourth-order valence-corrected chi connectivity index (χ4v) is 4.56. The highest BCUT2D eigenvalue weighted by atomic mass is 14.3. The number of hydrogen-bond donors (Lipinski definition) is 0. The maximum atomic E-state index is 2.47. The molecule has 0 amide bonds. The molecule has 0 aromatic heterocycles. The summed E-state index contributed by atoms with van der Waals surface area (Å²) in [5.41, 5.74) is 3.09. The van der Waals surface area contributed by atoms with Crippen molar-refractivity contribution in [2.75, 3.05) is 0 Å². The highest BCUT2D eigenvalue weighted by molar-refractivity contribution is 5.84. The fraction of sp³-hybridized carbons (Fsp3) is 0.600. The number of hydrogen-bond acceptors (Lipinski definition) is 0. The zero-order chi connectivity index (χ0) is 17.5. The Kier molecular flexibility index (Phi) is 6.96. The quantitative estimate of drug-likeness (QED) is 0.428. The van der Waals surface area contributed by atoms with E-state index in [4.69, 9.17) is 0 Å². The molecule has 0 N–H and O–H groups in total. The van der Waals surface area contributed by atoms with Gasteiger partial charge < -0.3 is 0 Å². The second-order valence-electron chi connectivity index (χ2n) is 8.23. The van der Waals surface area contributed by atoms with Crippen LogP contribution in [0.5, 0.6) is 0 Å². The van der Waals surface area contributed by atoms with Crippen LogP contribution in [0.1, 0.15) is 95.1 Å². The van der Waals surface area contributed by atoms with Crippen LogP contribution in [-0.4, -0.2) is 0 Å². The summed E-state index contributed by atoms with van der Waals surface area (Å²) in [6.45, 7) is 4.63. The predicted molar refractivity (Wildman–Crippen MR) is 111 cm³/mol. The Bertz CT molecular complexity index is 646. The van der Waals surface area contributed by atoms with Gasteiger partial charge in [0.05, 0.1) is 0 Å². The molecular weight excluding hydrogens is 300 g/mol. The molecule has 1 saturated carbocycles. The van der Waals surface area contributed by atoms with Crippen LogP contribution in [0.25, 0.3) is 10.8 Å². The Balaban J connectivity index is 1.61. The summed E-state index contributed by atoms with van der Waals surface area (Å²) in [6.07, 6.45) is 15.1. The number of unbranched alkanes of at least 4 members (excludes halogenated alkanes) is 4. The Morgan fingerprint density at radius 1 is 0.760 bits per heavy atom. The van der Waals surface area contributed by atoms with Crippen molar-refractivity contribution < 1.29 is 0 Å². The Labute approximate surface area is 155 Å². The lowest BCUT2D eigenvalue weighted by atomic mass is 9.77. The van der Waals surface area contributed by atoms with E-state index < -0.39 is 0 Å². The van der Waals surface area contributed by atoms with Gasteiger partial charge in [0.2, 0.25) is 0 Å². The van der Waals surface area contributed by atoms with Crippen LogP contribution in [-0.2, 0) is 6.42 Å². The molecule has 0 saturated heterocycles. The molecule has 0 radical (unpaired) electrons. The maximum absolute atomic E-state index is 2.47. The van der Waals surface area contributed by atoms with E-state index in [0.717, 1.165) is 11.8 Å². The van der Waals surface area contributed by atoms with E-state index >= 15 is 0 Å². The number of aryl methyl sites for hydroxylation is 1. The lowest BCUT2D eigenvalue weighted by molar-refractivity contribution is 0.319. The average molecular weight is 337 g/mol. The molecule has 0 heteroatoms. The van der Waals surface area contributed by atoms with E-state index in [-0.39, 0.29) is 0 Å². The first-order valence-corrected chi connectivity index (χ1v) is 10.8. The van der Waals surface area contributed by atoms with Crippen molar-refractivity contribution in [2.45, 2.75) is 90.4 Å². The highest BCUT2D eigenvalue weighted by Crippen LogP contribution is 2.37. The third kappa shape index (κ3) is 5.09. The zero-order valence-electron chi connectivity index (χ0n) is 16.4. The van der Waals surface area contributed by atoms with E-state index in [0.29, 0.717) is 0 Å². The van der Waals surface area contributed by atoms with Gasteiger partial charge >= 0.3 is 0 Å². The first kappa shape index (κ1) is 18.5. The van der Waals surface area contributed by atoms with E-state index in [1.165, 1.54) is 87.0 Å². The Hall–Kier alpha value is -1.30. The Morgan fingerprint density at radius 3 is 2.24 bits per heavy atom. The van der Waals surface area contributed by atoms with Gasteiger partial charge in [-0.05, 0) is 72.3 Å². The molecule has 0 unspecified atom stereocenters. The van der Waals surface area contributed by atoms with E-state index in [9.17, 15) is 0 Å². The van der Waals surface area contributed by atoms with Gasteiger partial charge in [-0.15, -0.1) is 0 Å². The summed E-state index contributed by atoms with van der Waals surface area (Å²) < 4.78 is 0. The van der Waals surface area contributed by atoms with Crippen molar-refractivity contribution >= 4 is 10.8 Å². The third-order valence-electron chi connectivity index (χ3n) is 6.39. The van der Waals surface area contributed by atoms with Crippen LogP contribution in [0.4, 0.5) is 0 Å². The zero-order valence-corrected chi connectivity index (χ0v) is 16.4. The number of benzene rings is 2. The molecule has 25 heavy (non-hydrogen) atoms. The SMILES string of the molecule is CCCCCCCc1ccc2cc([C@H]3CC[C@H](CC)CC3)ccc2c1. The highest BCUT2D eigenvalue weighted by Gasteiger charge is 2.21. The lowest BCUT2D eigenvalue weighted by Crippen LogP contribution is -2.12. The Morgan fingerprint density at radius 2 is 1.48 bits per heavy atom. The molecule has 0 heterocycles. The van der Waals surface area contributed by atoms with Crippen molar-refractivity contribution in [3.05, 3.63) is 47.5 Å². The van der Waals surface area contributed by atoms with Gasteiger partial charge in [-0.3, -0.25) is 0 Å². The minimum absolute atomic E-state index is 0.797. The molecule has 136 valence electrons.